The molecule has 0 radical (unpaired) electrons. The van der Waals surface area contributed by atoms with E-state index in [1.54, 1.807) is 0 Å². The minimum absolute atomic E-state index is 0.169. The minimum Gasteiger partial charge on any atom is -0.478 e. The molecule has 0 spiro atoms. The predicted molar refractivity (Wildman–Crippen MR) is 77.6 cm³/mol. The summed E-state index contributed by atoms with van der Waals surface area (Å²) in [6.45, 7) is 3.81. The number of benzene rings is 1. The van der Waals surface area contributed by atoms with Gasteiger partial charge in [-0.05, 0) is 38.1 Å². The first-order valence-electron chi connectivity index (χ1n) is 5.81. The summed E-state index contributed by atoms with van der Waals surface area (Å²) in [5, 5.41) is 14.5. The van der Waals surface area contributed by atoms with E-state index in [1.165, 1.54) is 35.6 Å². The van der Waals surface area contributed by atoms with Crippen LogP contribution in [0.4, 0.5) is 15.6 Å². The SMILES string of the molecule is Cc1nc(NC(=O)Nc2ccc(C(=O)O)cc2)sc1C. The fraction of sp³-hybridized carbons (Fsp3) is 0.154. The molecule has 0 saturated carbocycles. The molecule has 0 fully saturated rings. The molecule has 7 heteroatoms. The first kappa shape index (κ1) is 14.0. The van der Waals surface area contributed by atoms with Gasteiger partial charge in [0.05, 0.1) is 11.3 Å². The van der Waals surface area contributed by atoms with Crippen molar-refractivity contribution in [1.29, 1.82) is 0 Å². The number of carbonyl (C=O) groups is 2. The number of amides is 2. The quantitative estimate of drug-likeness (QED) is 0.810. The summed E-state index contributed by atoms with van der Waals surface area (Å²) in [7, 11) is 0. The lowest BCUT2D eigenvalue weighted by atomic mass is 10.2. The molecule has 2 aromatic rings. The van der Waals surface area contributed by atoms with Crippen LogP contribution in [-0.4, -0.2) is 22.1 Å². The van der Waals surface area contributed by atoms with Crippen molar-refractivity contribution in [2.75, 3.05) is 10.6 Å². The van der Waals surface area contributed by atoms with Crippen LogP contribution in [0.1, 0.15) is 20.9 Å². The molecule has 1 heterocycles. The van der Waals surface area contributed by atoms with E-state index in [0.717, 1.165) is 10.6 Å². The number of hydrogen-bond donors (Lipinski definition) is 3. The highest BCUT2D eigenvalue weighted by Gasteiger charge is 2.08. The van der Waals surface area contributed by atoms with Crippen LogP contribution in [0.15, 0.2) is 24.3 Å². The fourth-order valence-electron chi connectivity index (χ4n) is 1.48. The van der Waals surface area contributed by atoms with Crippen LogP contribution in [-0.2, 0) is 0 Å². The monoisotopic (exact) mass is 291 g/mol. The predicted octanol–water partition coefficient (Wildman–Crippen LogP) is 3.10. The van der Waals surface area contributed by atoms with E-state index in [2.05, 4.69) is 15.6 Å². The molecule has 2 amide bonds. The van der Waals surface area contributed by atoms with E-state index < -0.39 is 12.0 Å². The summed E-state index contributed by atoms with van der Waals surface area (Å²) in [6, 6.07) is 5.50. The van der Waals surface area contributed by atoms with Gasteiger partial charge in [-0.25, -0.2) is 14.6 Å². The molecule has 0 atom stereocenters. The maximum absolute atomic E-state index is 11.7. The van der Waals surface area contributed by atoms with Crippen LogP contribution in [0.3, 0.4) is 0 Å². The average Bonchev–Trinajstić information content (AvgIpc) is 2.68. The van der Waals surface area contributed by atoms with E-state index in [4.69, 9.17) is 5.11 Å². The molecule has 0 bridgehead atoms. The third kappa shape index (κ3) is 3.33. The van der Waals surface area contributed by atoms with Crippen molar-refractivity contribution in [3.05, 3.63) is 40.4 Å². The normalized spacial score (nSPS) is 10.1. The van der Waals surface area contributed by atoms with Gasteiger partial charge in [0.25, 0.3) is 0 Å². The summed E-state index contributed by atoms with van der Waals surface area (Å²) >= 11 is 1.40. The number of anilines is 2. The second-order valence-corrected chi connectivity index (χ2v) is 5.33. The van der Waals surface area contributed by atoms with Crippen molar-refractivity contribution in [1.82, 2.24) is 4.98 Å². The highest BCUT2D eigenvalue weighted by atomic mass is 32.1. The largest absolute Gasteiger partial charge is 0.478 e. The minimum atomic E-state index is -1.00. The van der Waals surface area contributed by atoms with Gasteiger partial charge in [-0.3, -0.25) is 5.32 Å². The molecule has 1 aromatic carbocycles. The Labute approximate surface area is 119 Å². The maximum Gasteiger partial charge on any atom is 0.335 e. The molecule has 0 aliphatic heterocycles. The lowest BCUT2D eigenvalue weighted by Gasteiger charge is -2.05. The van der Waals surface area contributed by atoms with Crippen LogP contribution < -0.4 is 10.6 Å². The maximum atomic E-state index is 11.7. The number of nitrogens with one attached hydrogen (secondary N) is 2. The smallest absolute Gasteiger partial charge is 0.335 e. The van der Waals surface area contributed by atoms with Crippen molar-refractivity contribution >= 4 is 34.2 Å². The Bertz CT molecular complexity index is 630. The van der Waals surface area contributed by atoms with Crippen molar-refractivity contribution in [3.8, 4) is 0 Å². The zero-order valence-corrected chi connectivity index (χ0v) is 11.7. The molecule has 20 heavy (non-hydrogen) atoms. The van der Waals surface area contributed by atoms with E-state index in [-0.39, 0.29) is 5.56 Å². The van der Waals surface area contributed by atoms with Gasteiger partial charge < -0.3 is 10.4 Å². The fourth-order valence-corrected chi connectivity index (χ4v) is 2.29. The summed E-state index contributed by atoms with van der Waals surface area (Å²) < 4.78 is 0. The Morgan fingerprint density at radius 2 is 1.80 bits per heavy atom. The summed E-state index contributed by atoms with van der Waals surface area (Å²) in [5.41, 5.74) is 1.57. The Kier molecular flexibility index (Phi) is 3.99. The second kappa shape index (κ2) is 5.70. The Morgan fingerprint density at radius 3 is 2.30 bits per heavy atom. The molecule has 6 nitrogen and oxygen atoms in total. The number of nitrogens with zero attached hydrogens (tertiary/aromatic N) is 1. The number of aromatic nitrogens is 1. The lowest BCUT2D eigenvalue weighted by Crippen LogP contribution is -2.19. The second-order valence-electron chi connectivity index (χ2n) is 4.12. The number of urea groups is 1. The van der Waals surface area contributed by atoms with Crippen LogP contribution in [0.5, 0.6) is 0 Å². The van der Waals surface area contributed by atoms with Gasteiger partial charge in [0.15, 0.2) is 5.13 Å². The number of aryl methyl sites for hydroxylation is 2. The van der Waals surface area contributed by atoms with Gasteiger partial charge in [-0.15, -0.1) is 11.3 Å². The highest BCUT2D eigenvalue weighted by Crippen LogP contribution is 2.21. The molecular weight excluding hydrogens is 278 g/mol. The molecule has 0 saturated heterocycles. The number of aromatic carboxylic acids is 1. The topological polar surface area (TPSA) is 91.3 Å². The zero-order chi connectivity index (χ0) is 14.7. The van der Waals surface area contributed by atoms with Gasteiger partial charge in [-0.1, -0.05) is 0 Å². The molecule has 104 valence electrons. The first-order chi connectivity index (χ1) is 9.45. The van der Waals surface area contributed by atoms with Crippen molar-refractivity contribution in [2.24, 2.45) is 0 Å². The molecule has 3 N–H and O–H groups in total. The Balaban J connectivity index is 1.99. The molecule has 0 aliphatic carbocycles. The third-order valence-electron chi connectivity index (χ3n) is 2.64. The van der Waals surface area contributed by atoms with Gasteiger partial charge in [0.1, 0.15) is 0 Å². The summed E-state index contributed by atoms with van der Waals surface area (Å²) in [5.74, 6) is -1.00. The number of carboxylic acid groups (broad SMARTS) is 1. The number of thiazole rings is 1. The van der Waals surface area contributed by atoms with E-state index >= 15 is 0 Å². The number of hydrogen-bond acceptors (Lipinski definition) is 4. The number of carboxylic acids is 1. The number of carbonyl (C=O) groups excluding carboxylic acids is 1. The average molecular weight is 291 g/mol. The van der Waals surface area contributed by atoms with Gasteiger partial charge in [0, 0.05) is 10.6 Å². The summed E-state index contributed by atoms with van der Waals surface area (Å²) in [6.07, 6.45) is 0. The molecule has 0 aliphatic rings. The van der Waals surface area contributed by atoms with E-state index in [1.807, 2.05) is 13.8 Å². The summed E-state index contributed by atoms with van der Waals surface area (Å²) in [4.78, 5) is 27.7. The standard InChI is InChI=1S/C13H13N3O3S/c1-7-8(2)20-13(14-7)16-12(19)15-10-5-3-9(4-6-10)11(17)18/h3-6H,1-2H3,(H,17,18)(H2,14,15,16,19). The van der Waals surface area contributed by atoms with E-state index in [9.17, 15) is 9.59 Å². The van der Waals surface area contributed by atoms with Crippen LogP contribution in [0, 0.1) is 13.8 Å². The molecular formula is C13H13N3O3S. The van der Waals surface area contributed by atoms with Crippen LogP contribution in [0.2, 0.25) is 0 Å². The first-order valence-corrected chi connectivity index (χ1v) is 6.63. The van der Waals surface area contributed by atoms with Gasteiger partial charge in [0.2, 0.25) is 0 Å². The number of rotatable bonds is 3. The lowest BCUT2D eigenvalue weighted by molar-refractivity contribution is 0.0697. The van der Waals surface area contributed by atoms with Crippen LogP contribution >= 0.6 is 11.3 Å². The van der Waals surface area contributed by atoms with E-state index in [0.29, 0.717) is 10.8 Å². The van der Waals surface area contributed by atoms with Gasteiger partial charge in [-0.2, -0.15) is 0 Å². The van der Waals surface area contributed by atoms with Crippen molar-refractivity contribution in [3.63, 3.8) is 0 Å². The van der Waals surface area contributed by atoms with Crippen molar-refractivity contribution < 1.29 is 14.7 Å². The van der Waals surface area contributed by atoms with Crippen LogP contribution in [0.25, 0.3) is 0 Å². The third-order valence-corrected chi connectivity index (χ3v) is 3.63. The molecule has 2 rings (SSSR count). The Hall–Kier alpha value is -2.41. The highest BCUT2D eigenvalue weighted by molar-refractivity contribution is 7.15. The van der Waals surface area contributed by atoms with Gasteiger partial charge >= 0.3 is 12.0 Å². The zero-order valence-electron chi connectivity index (χ0n) is 10.9. The molecule has 1 aromatic heterocycles. The van der Waals surface area contributed by atoms with Crippen molar-refractivity contribution in [2.45, 2.75) is 13.8 Å². The molecule has 0 unspecified atom stereocenters. The Morgan fingerprint density at radius 1 is 1.15 bits per heavy atom.